The molecule has 0 aromatic heterocycles. The predicted molar refractivity (Wildman–Crippen MR) is 173 cm³/mol. The number of amides is 4. The number of ether oxygens (including phenoxy) is 3. The molecule has 0 saturated heterocycles. The number of hydrogen-bond acceptors (Lipinski definition) is 8. The summed E-state index contributed by atoms with van der Waals surface area (Å²) < 4.78 is 52.3. The number of likely N-dealkylation sites (N-methyl/N-ethyl adjacent to an activating group) is 1. The maximum Gasteiger partial charge on any atom is 0.573 e. The molecule has 3 N–H and O–H groups in total. The second kappa shape index (κ2) is 15.7. The molecule has 3 aromatic rings. The first-order chi connectivity index (χ1) is 23.2. The first-order valence-corrected chi connectivity index (χ1v) is 15.2. The highest BCUT2D eigenvalue weighted by atomic mass is 19.4. The number of nitrogens with one attached hydrogen (secondary N) is 1. The first-order valence-electron chi connectivity index (χ1n) is 15.2. The Labute approximate surface area is 281 Å². The van der Waals surface area contributed by atoms with Gasteiger partial charge >= 0.3 is 6.36 Å². The number of nitrogens with zero attached hydrogens (tertiary/aromatic N) is 3. The fourth-order valence-electron chi connectivity index (χ4n) is 5.41. The Morgan fingerprint density at radius 2 is 1.59 bits per heavy atom. The summed E-state index contributed by atoms with van der Waals surface area (Å²) in [6.07, 6.45) is -4.61. The van der Waals surface area contributed by atoms with Gasteiger partial charge in [0.25, 0.3) is 11.8 Å². The van der Waals surface area contributed by atoms with Crippen LogP contribution in [-0.2, 0) is 16.0 Å². The molecule has 4 amide bonds. The third kappa shape index (κ3) is 9.85. The summed E-state index contributed by atoms with van der Waals surface area (Å²) in [5.74, 6) is -1.48. The molecular weight excluding hydrogens is 647 g/mol. The highest BCUT2D eigenvalue weighted by Gasteiger charge is 2.35. The Morgan fingerprint density at radius 3 is 2.16 bits per heavy atom. The van der Waals surface area contributed by atoms with Crippen molar-refractivity contribution in [1.29, 1.82) is 0 Å². The quantitative estimate of drug-likeness (QED) is 0.261. The number of nitrogens with two attached hydrogens (primary N) is 1. The van der Waals surface area contributed by atoms with E-state index in [0.29, 0.717) is 41.2 Å². The number of benzene rings is 3. The lowest BCUT2D eigenvalue weighted by atomic mass is 9.88. The maximum atomic E-state index is 14.2. The minimum absolute atomic E-state index is 0.00145. The van der Waals surface area contributed by atoms with Crippen LogP contribution in [0.1, 0.15) is 44.3 Å². The van der Waals surface area contributed by atoms with Crippen molar-refractivity contribution in [2.45, 2.75) is 25.2 Å². The van der Waals surface area contributed by atoms with E-state index in [0.717, 1.165) is 12.1 Å². The molecule has 1 atom stereocenters. The van der Waals surface area contributed by atoms with Gasteiger partial charge in [-0.3, -0.25) is 19.2 Å². The molecule has 15 heteroatoms. The van der Waals surface area contributed by atoms with Crippen LogP contribution >= 0.6 is 0 Å². The minimum Gasteiger partial charge on any atom is -0.497 e. The molecule has 12 nitrogen and oxygen atoms in total. The zero-order chi connectivity index (χ0) is 35.9. The fourth-order valence-corrected chi connectivity index (χ4v) is 5.41. The van der Waals surface area contributed by atoms with Crippen molar-refractivity contribution < 1.29 is 46.6 Å². The topological polar surface area (TPSA) is 144 Å². The van der Waals surface area contributed by atoms with E-state index in [2.05, 4.69) is 10.1 Å². The van der Waals surface area contributed by atoms with Crippen LogP contribution in [0.25, 0.3) is 0 Å². The van der Waals surface area contributed by atoms with Crippen LogP contribution in [0.4, 0.5) is 18.9 Å². The van der Waals surface area contributed by atoms with Crippen LogP contribution in [-0.4, -0.2) is 99.2 Å². The Balaban J connectivity index is 1.61. The standard InChI is InChI=1S/C34H38F3N5O7/c1-40(2)13-14-41(20-30(38)43)31(44)11-12-42-29(23-15-26(47-3)19-27(16-23)48-4)17-22-5-8-24(18-28(22)33(42)46)39-32(45)21-6-9-25(10-7-21)49-34(35,36)37/h5-10,15-16,18-19,29H,11-14,17,20H2,1-4H3,(H2,38,43)(H,39,45). The van der Waals surface area contributed by atoms with E-state index in [1.165, 1.54) is 37.3 Å². The lowest BCUT2D eigenvalue weighted by molar-refractivity contribution is -0.274. The van der Waals surface area contributed by atoms with Crippen molar-refractivity contribution in [2.75, 3.05) is 59.8 Å². The molecule has 3 aromatic carbocycles. The van der Waals surface area contributed by atoms with Gasteiger partial charge < -0.3 is 40.0 Å². The molecule has 1 unspecified atom stereocenters. The first kappa shape index (κ1) is 36.5. The lowest BCUT2D eigenvalue weighted by Gasteiger charge is -2.38. The van der Waals surface area contributed by atoms with Crippen molar-refractivity contribution in [1.82, 2.24) is 14.7 Å². The van der Waals surface area contributed by atoms with Gasteiger partial charge in [-0.25, -0.2) is 0 Å². The molecule has 0 saturated carbocycles. The van der Waals surface area contributed by atoms with Crippen LogP contribution in [0, 0.1) is 0 Å². The third-order valence-corrected chi connectivity index (χ3v) is 7.84. The summed E-state index contributed by atoms with van der Waals surface area (Å²) in [5, 5.41) is 2.68. The van der Waals surface area contributed by atoms with Gasteiger partial charge in [0.05, 0.1) is 26.8 Å². The predicted octanol–water partition coefficient (Wildman–Crippen LogP) is 3.86. The van der Waals surface area contributed by atoms with Crippen molar-refractivity contribution >= 4 is 29.3 Å². The van der Waals surface area contributed by atoms with Crippen LogP contribution in [0.2, 0.25) is 0 Å². The Kier molecular flexibility index (Phi) is 11.7. The van der Waals surface area contributed by atoms with E-state index in [4.69, 9.17) is 15.2 Å². The van der Waals surface area contributed by atoms with E-state index < -0.39 is 35.9 Å². The van der Waals surface area contributed by atoms with Gasteiger partial charge in [-0.15, -0.1) is 13.2 Å². The smallest absolute Gasteiger partial charge is 0.497 e. The molecule has 0 bridgehead atoms. The summed E-state index contributed by atoms with van der Waals surface area (Å²) in [5.41, 5.74) is 7.45. The van der Waals surface area contributed by atoms with Gasteiger partial charge in [0.2, 0.25) is 11.8 Å². The number of halogens is 3. The Hall–Kier alpha value is -5.31. The number of rotatable bonds is 14. The minimum atomic E-state index is -4.87. The van der Waals surface area contributed by atoms with E-state index in [-0.39, 0.29) is 43.2 Å². The summed E-state index contributed by atoms with van der Waals surface area (Å²) in [4.78, 5) is 57.0. The number of fused-ring (bicyclic) bond motifs is 1. The van der Waals surface area contributed by atoms with Crippen molar-refractivity contribution in [3.8, 4) is 17.2 Å². The second-order valence-electron chi connectivity index (χ2n) is 11.6. The molecule has 4 rings (SSSR count). The number of anilines is 1. The van der Waals surface area contributed by atoms with Crippen LogP contribution in [0.3, 0.4) is 0 Å². The molecule has 1 aliphatic rings. The molecule has 262 valence electrons. The number of methoxy groups -OCH3 is 2. The van der Waals surface area contributed by atoms with Crippen molar-refractivity contribution in [2.24, 2.45) is 5.73 Å². The van der Waals surface area contributed by atoms with Gasteiger partial charge in [0, 0.05) is 48.9 Å². The average Bonchev–Trinajstić information content (AvgIpc) is 3.05. The highest BCUT2D eigenvalue weighted by Crippen LogP contribution is 2.37. The second-order valence-corrected chi connectivity index (χ2v) is 11.6. The van der Waals surface area contributed by atoms with Gasteiger partial charge in [-0.2, -0.15) is 0 Å². The molecule has 49 heavy (non-hydrogen) atoms. The molecular formula is C34H38F3N5O7. The number of alkyl halides is 3. The van der Waals surface area contributed by atoms with Gasteiger partial charge in [0.15, 0.2) is 0 Å². The third-order valence-electron chi connectivity index (χ3n) is 7.84. The van der Waals surface area contributed by atoms with Crippen molar-refractivity contribution in [3.05, 3.63) is 82.9 Å². The summed E-state index contributed by atoms with van der Waals surface area (Å²) in [6.45, 7) is 0.507. The van der Waals surface area contributed by atoms with Gasteiger partial charge in [-0.1, -0.05) is 6.07 Å². The molecule has 1 heterocycles. The fraction of sp³-hybridized carbons (Fsp3) is 0.353. The van der Waals surface area contributed by atoms with Crippen molar-refractivity contribution in [3.63, 3.8) is 0 Å². The monoisotopic (exact) mass is 685 g/mol. The molecule has 1 aliphatic heterocycles. The van der Waals surface area contributed by atoms with Gasteiger partial charge in [-0.05, 0) is 80.2 Å². The highest BCUT2D eigenvalue weighted by molar-refractivity contribution is 6.05. The van der Waals surface area contributed by atoms with E-state index in [1.807, 2.05) is 19.0 Å². The summed E-state index contributed by atoms with van der Waals surface area (Å²) >= 11 is 0. The largest absolute Gasteiger partial charge is 0.573 e. The zero-order valence-corrected chi connectivity index (χ0v) is 27.5. The van der Waals surface area contributed by atoms with E-state index in [9.17, 15) is 32.3 Å². The number of carbonyl (C=O) groups excluding carboxylic acids is 4. The molecule has 0 spiro atoms. The molecule has 0 fully saturated rings. The Morgan fingerprint density at radius 1 is 0.939 bits per heavy atom. The van der Waals surface area contributed by atoms with Crippen LogP contribution in [0.5, 0.6) is 17.2 Å². The summed E-state index contributed by atoms with van der Waals surface area (Å²) in [7, 11) is 6.70. The molecule has 0 radical (unpaired) electrons. The normalized spacial score (nSPS) is 14.2. The number of primary amides is 1. The zero-order valence-electron chi connectivity index (χ0n) is 27.5. The lowest BCUT2D eigenvalue weighted by Crippen LogP contribution is -2.45. The SMILES string of the molecule is COc1cc(OC)cc(C2Cc3ccc(NC(=O)c4ccc(OC(F)(F)F)cc4)cc3C(=O)N2CCC(=O)N(CCN(C)C)CC(N)=O)c1. The molecule has 0 aliphatic carbocycles. The number of hydrogen-bond donors (Lipinski definition) is 2. The average molecular weight is 686 g/mol. The Bertz CT molecular complexity index is 1660. The van der Waals surface area contributed by atoms with Gasteiger partial charge in [0.1, 0.15) is 17.2 Å². The summed E-state index contributed by atoms with van der Waals surface area (Å²) in [6, 6.07) is 14.0. The maximum absolute atomic E-state index is 14.2. The van der Waals surface area contributed by atoms with Crippen LogP contribution in [0.15, 0.2) is 60.7 Å². The van der Waals surface area contributed by atoms with Crippen LogP contribution < -0.4 is 25.3 Å². The number of carbonyl (C=O) groups is 4. The van der Waals surface area contributed by atoms with E-state index in [1.54, 1.807) is 35.2 Å². The van der Waals surface area contributed by atoms with E-state index >= 15 is 0 Å².